The van der Waals surface area contributed by atoms with Crippen molar-refractivity contribution in [3.05, 3.63) is 0 Å². The number of hydrogen-bond acceptors (Lipinski definition) is 2. The van der Waals surface area contributed by atoms with Crippen LogP contribution in [0.4, 0.5) is 0 Å². The second-order valence-electron chi connectivity index (χ2n) is 2.74. The van der Waals surface area contributed by atoms with Crippen molar-refractivity contribution in [2.24, 2.45) is 5.73 Å². The Bertz CT molecular complexity index is 99.8. The van der Waals surface area contributed by atoms with Gasteiger partial charge < -0.3 is 30.6 Å². The smallest absolute Gasteiger partial charge is 0.0708 e. The summed E-state index contributed by atoms with van der Waals surface area (Å²) in [4.78, 5) is 0. The predicted octanol–water partition coefficient (Wildman–Crippen LogP) is 3.09. The molecule has 82 valence electrons. The Kier molecular flexibility index (Phi) is 18.6. The Morgan fingerprint density at radius 1 is 1.23 bits per heavy atom. The van der Waals surface area contributed by atoms with E-state index in [1.807, 2.05) is 0 Å². The van der Waals surface area contributed by atoms with Gasteiger partial charge in [0, 0.05) is 0 Å². The predicted molar refractivity (Wildman–Crippen MR) is 62.3 cm³/mol. The zero-order valence-corrected chi connectivity index (χ0v) is 10.8. The summed E-state index contributed by atoms with van der Waals surface area (Å²) in [6.45, 7) is 2.25. The molecular weight excluding hydrogens is 245 g/mol. The molecule has 0 bridgehead atoms. The van der Waals surface area contributed by atoms with Crippen LogP contribution in [0.25, 0.3) is 0 Å². The van der Waals surface area contributed by atoms with E-state index < -0.39 is 0 Å². The van der Waals surface area contributed by atoms with E-state index in [1.165, 1.54) is 38.5 Å². The summed E-state index contributed by atoms with van der Waals surface area (Å²) < 4.78 is 0.0833. The maximum absolute atomic E-state index is 4.66. The van der Waals surface area contributed by atoms with Gasteiger partial charge in [0.2, 0.25) is 0 Å². The fourth-order valence-electron chi connectivity index (χ4n) is 0.859. The van der Waals surface area contributed by atoms with Gasteiger partial charge in [-0.05, 0) is 0 Å². The summed E-state index contributed by atoms with van der Waals surface area (Å²) >= 11 is 12.8. The normalized spacial score (nSPS) is 8.85. The molecule has 4 heteroatoms. The molecular formula is C9H19NNiS2. The maximum atomic E-state index is 4.66. The monoisotopic (exact) mass is 263 g/mol. The minimum Gasteiger partial charge on any atom is -0.415 e. The molecule has 0 rings (SSSR count). The van der Waals surface area contributed by atoms with Gasteiger partial charge in [-0.2, -0.15) is 0 Å². The fraction of sp³-hybridized carbons (Fsp3) is 0.889. The number of unbranched alkanes of at least 4 members (excludes halogenated alkanes) is 5. The number of rotatable bonds is 6. The van der Waals surface area contributed by atoms with Crippen LogP contribution in [0.2, 0.25) is 5.39 Å². The van der Waals surface area contributed by atoms with Crippen molar-refractivity contribution in [2.75, 3.05) is 0 Å². The molecule has 0 atom stereocenters. The summed E-state index contributed by atoms with van der Waals surface area (Å²) in [5, 5.41) is 0.992. The van der Waals surface area contributed by atoms with Crippen molar-refractivity contribution in [1.82, 2.24) is 0 Å². The van der Waals surface area contributed by atoms with Crippen LogP contribution in [-0.4, -0.2) is 4.32 Å². The van der Waals surface area contributed by atoms with Gasteiger partial charge in [-0.15, -0.1) is 0 Å². The molecule has 13 heavy (non-hydrogen) atoms. The van der Waals surface area contributed by atoms with Crippen molar-refractivity contribution in [1.29, 1.82) is 0 Å². The Morgan fingerprint density at radius 2 is 1.62 bits per heavy atom. The van der Waals surface area contributed by atoms with E-state index in [1.54, 1.807) is 0 Å². The summed E-state index contributed by atoms with van der Waals surface area (Å²) in [5.74, 6) is 0. The third-order valence-corrected chi connectivity index (χ3v) is 1.81. The van der Waals surface area contributed by atoms with E-state index in [0.29, 0.717) is 0 Å². The van der Waals surface area contributed by atoms with Gasteiger partial charge in [-0.25, -0.2) is 0 Å². The maximum Gasteiger partial charge on any atom is -0.0708 e. The molecule has 0 aromatic carbocycles. The molecule has 0 fully saturated rings. The second-order valence-corrected chi connectivity index (χ2v) is 4.38. The summed E-state index contributed by atoms with van der Waals surface area (Å²) in [5.41, 5.74) is 4.66. The van der Waals surface area contributed by atoms with Crippen LogP contribution in [0, 0.1) is 0 Å². The van der Waals surface area contributed by atoms with Crippen LogP contribution in [0.5, 0.6) is 0 Å². The average molecular weight is 264 g/mol. The van der Waals surface area contributed by atoms with Gasteiger partial charge in [-0.3, -0.25) is 0 Å². The Balaban J connectivity index is 0. The first-order valence-corrected chi connectivity index (χ1v) is 6.14. The van der Waals surface area contributed by atoms with Gasteiger partial charge in [0.05, 0.1) is 0 Å². The van der Waals surface area contributed by atoms with Gasteiger partial charge in [0.1, 0.15) is 0 Å². The van der Waals surface area contributed by atoms with Crippen molar-refractivity contribution < 1.29 is 15.5 Å². The van der Waals surface area contributed by atoms with Crippen molar-refractivity contribution in [2.45, 2.75) is 50.8 Å². The van der Waals surface area contributed by atoms with E-state index in [9.17, 15) is 0 Å². The molecule has 0 amide bonds. The summed E-state index contributed by atoms with van der Waals surface area (Å²) in [6.07, 6.45) is 8.19. The summed E-state index contributed by atoms with van der Waals surface area (Å²) in [6, 6.07) is 0. The van der Waals surface area contributed by atoms with Gasteiger partial charge >= 0.3 is 66.3 Å². The molecule has 0 saturated carbocycles. The molecule has 0 aliphatic carbocycles. The van der Waals surface area contributed by atoms with Gasteiger partial charge in [-0.1, -0.05) is 4.32 Å². The first-order valence-electron chi connectivity index (χ1n) is 4.63. The molecule has 0 aliphatic heterocycles. The van der Waals surface area contributed by atoms with Crippen molar-refractivity contribution in [3.63, 3.8) is 0 Å². The number of nitrogens with two attached hydrogens (primary N) is 1. The molecule has 2 N–H and O–H groups in total. The summed E-state index contributed by atoms with van der Waals surface area (Å²) in [7, 11) is 0. The quantitative estimate of drug-likeness (QED) is 0.345. The molecule has 0 aromatic heterocycles. The molecule has 0 radical (unpaired) electrons. The molecule has 1 nitrogen and oxygen atoms in total. The molecule has 0 aromatic rings. The van der Waals surface area contributed by atoms with Crippen LogP contribution in [0.1, 0.15) is 45.4 Å². The van der Waals surface area contributed by atoms with Crippen LogP contribution < -0.4 is 5.73 Å². The largest absolute Gasteiger partial charge is 0.415 e. The first-order chi connectivity index (χ1) is 6.15. The molecule has 0 unspecified atom stereocenters. The third-order valence-electron chi connectivity index (χ3n) is 1.47. The van der Waals surface area contributed by atoms with Crippen molar-refractivity contribution >= 4 is 29.2 Å². The Labute approximate surface area is 101 Å². The van der Waals surface area contributed by atoms with E-state index in [4.69, 9.17) is 0 Å². The minimum atomic E-state index is 0.0833. The van der Waals surface area contributed by atoms with Crippen LogP contribution in [0.3, 0.4) is 0 Å². The minimum absolute atomic E-state index is 0.0833. The number of hydrogen-bond donors (Lipinski definition) is 1. The van der Waals surface area contributed by atoms with E-state index in [2.05, 4.69) is 53.0 Å². The Hall–Kier alpha value is 0.604. The zero-order valence-electron chi connectivity index (χ0n) is 8.16. The van der Waals surface area contributed by atoms with Crippen LogP contribution >= 0.6 is 12.2 Å². The topological polar surface area (TPSA) is 26.0 Å². The average Bonchev–Trinajstić information content (AvgIpc) is 2.03. The van der Waals surface area contributed by atoms with Crippen LogP contribution in [0.15, 0.2) is 0 Å². The third kappa shape index (κ3) is 32.5. The zero-order chi connectivity index (χ0) is 10.5. The van der Waals surface area contributed by atoms with Crippen LogP contribution in [-0.2, 0) is 28.1 Å². The first kappa shape index (κ1) is 16.0. The number of thiocarbonyl (C=S) groups is 1. The van der Waals surface area contributed by atoms with E-state index >= 15 is 0 Å². The van der Waals surface area contributed by atoms with Gasteiger partial charge in [0.15, 0.2) is 0 Å². The van der Waals surface area contributed by atoms with E-state index in [0.717, 1.165) is 5.39 Å². The second kappa shape index (κ2) is 15.1. The molecule has 0 heterocycles. The molecule has 0 spiro atoms. The van der Waals surface area contributed by atoms with Gasteiger partial charge in [0.25, 0.3) is 0 Å². The van der Waals surface area contributed by atoms with Crippen molar-refractivity contribution in [3.8, 4) is 0 Å². The molecule has 0 aliphatic rings. The molecule has 0 saturated heterocycles. The SMILES string of the molecule is CCCCCCC[CH2][Ni+].NC(=S)[S-]. The standard InChI is InChI=1S/C8H17.CH3NS2.Ni/c1-3-5-7-8-6-4-2;2-1(3)4;/h1,3-8H2,2H3;(H3,2,3,4);/q;;+1/p-1. The Morgan fingerprint density at radius 3 is 2.00 bits per heavy atom. The van der Waals surface area contributed by atoms with E-state index in [-0.39, 0.29) is 4.32 Å². The fourth-order valence-corrected chi connectivity index (χ4v) is 1.11.